The zero-order valence-electron chi connectivity index (χ0n) is 14.3. The maximum absolute atomic E-state index is 6.69. The Labute approximate surface area is 164 Å². The summed E-state index contributed by atoms with van der Waals surface area (Å²) >= 11 is 2.43. The molecular formula is C23H23IO. The highest BCUT2D eigenvalue weighted by molar-refractivity contribution is 14.1. The van der Waals surface area contributed by atoms with Crippen molar-refractivity contribution in [1.82, 2.24) is 0 Å². The van der Waals surface area contributed by atoms with Crippen molar-refractivity contribution >= 4 is 22.6 Å². The molecule has 0 amide bonds. The first-order valence-corrected chi connectivity index (χ1v) is 10.3. The lowest BCUT2D eigenvalue weighted by atomic mass is 9.80. The third-order valence-corrected chi connectivity index (χ3v) is 5.15. The van der Waals surface area contributed by atoms with Crippen molar-refractivity contribution < 1.29 is 4.74 Å². The first kappa shape index (κ1) is 18.2. The maximum Gasteiger partial charge on any atom is 0.143 e. The van der Waals surface area contributed by atoms with Crippen LogP contribution < -0.4 is 0 Å². The number of halogens is 1. The molecule has 3 rings (SSSR count). The smallest absolute Gasteiger partial charge is 0.143 e. The summed E-state index contributed by atoms with van der Waals surface area (Å²) in [7, 11) is 0. The van der Waals surface area contributed by atoms with E-state index in [1.165, 1.54) is 23.1 Å². The Hall–Kier alpha value is -1.65. The molecule has 0 aliphatic carbocycles. The summed E-state index contributed by atoms with van der Waals surface area (Å²) in [6, 6.07) is 31.7. The molecule has 0 aromatic heterocycles. The van der Waals surface area contributed by atoms with Gasteiger partial charge in [-0.25, -0.2) is 0 Å². The van der Waals surface area contributed by atoms with Gasteiger partial charge in [-0.1, -0.05) is 114 Å². The monoisotopic (exact) mass is 442 g/mol. The largest absolute Gasteiger partial charge is 0.361 e. The molecule has 0 bridgehead atoms. The summed E-state index contributed by atoms with van der Waals surface area (Å²) in [5.41, 5.74) is 2.93. The van der Waals surface area contributed by atoms with Gasteiger partial charge in [0.15, 0.2) is 0 Å². The minimum Gasteiger partial charge on any atom is -0.361 e. The van der Waals surface area contributed by atoms with Gasteiger partial charge in [-0.2, -0.15) is 0 Å². The molecule has 25 heavy (non-hydrogen) atoms. The van der Waals surface area contributed by atoms with Crippen LogP contribution in [0.15, 0.2) is 91.0 Å². The molecule has 3 aromatic rings. The predicted molar refractivity (Wildman–Crippen MR) is 113 cm³/mol. The van der Waals surface area contributed by atoms with Gasteiger partial charge in [-0.05, 0) is 34.0 Å². The molecule has 2 heteroatoms. The quantitative estimate of drug-likeness (QED) is 0.174. The molecule has 1 nitrogen and oxygen atoms in total. The van der Waals surface area contributed by atoms with Crippen molar-refractivity contribution in [3.63, 3.8) is 0 Å². The summed E-state index contributed by atoms with van der Waals surface area (Å²) < 4.78 is 7.85. The standard InChI is InChI=1S/C23H23IO/c24-18-10-11-19-25-23(20-12-4-1-5-13-20,21-14-6-2-7-15-21)22-16-8-3-9-17-22/h1-9,12-17H,10-11,18-19H2. The van der Waals surface area contributed by atoms with E-state index in [1.807, 2.05) is 0 Å². The molecule has 128 valence electrons. The zero-order valence-corrected chi connectivity index (χ0v) is 16.4. The van der Waals surface area contributed by atoms with Crippen molar-refractivity contribution in [2.45, 2.75) is 18.4 Å². The normalized spacial score (nSPS) is 11.4. The number of hydrogen-bond acceptors (Lipinski definition) is 1. The highest BCUT2D eigenvalue weighted by atomic mass is 127. The molecule has 0 unspecified atom stereocenters. The summed E-state index contributed by atoms with van der Waals surface area (Å²) in [6.45, 7) is 0.738. The van der Waals surface area contributed by atoms with Gasteiger partial charge in [-0.3, -0.25) is 0 Å². The molecule has 0 aliphatic rings. The van der Waals surface area contributed by atoms with Crippen molar-refractivity contribution in [2.75, 3.05) is 11.0 Å². The fraction of sp³-hybridized carbons (Fsp3) is 0.217. The fourth-order valence-electron chi connectivity index (χ4n) is 3.19. The Balaban J connectivity index is 2.13. The van der Waals surface area contributed by atoms with Crippen LogP contribution in [-0.2, 0) is 10.3 Å². The molecule has 0 N–H and O–H groups in total. The lowest BCUT2D eigenvalue weighted by Gasteiger charge is -2.36. The maximum atomic E-state index is 6.69. The molecule has 0 radical (unpaired) electrons. The van der Waals surface area contributed by atoms with Gasteiger partial charge < -0.3 is 4.74 Å². The molecule has 0 fully saturated rings. The summed E-state index contributed by atoms with van der Waals surface area (Å²) in [6.07, 6.45) is 2.24. The van der Waals surface area contributed by atoms with Gasteiger partial charge in [0.25, 0.3) is 0 Å². The van der Waals surface area contributed by atoms with E-state index in [2.05, 4.69) is 114 Å². The van der Waals surface area contributed by atoms with Crippen LogP contribution in [0, 0.1) is 0 Å². The second kappa shape index (κ2) is 9.16. The molecule has 0 atom stereocenters. The molecule has 0 saturated carbocycles. The van der Waals surface area contributed by atoms with E-state index in [-0.39, 0.29) is 0 Å². The van der Waals surface area contributed by atoms with Crippen LogP contribution in [-0.4, -0.2) is 11.0 Å². The molecule has 3 aromatic carbocycles. The molecule has 0 heterocycles. The second-order valence-corrected chi connectivity index (χ2v) is 7.10. The van der Waals surface area contributed by atoms with E-state index < -0.39 is 5.60 Å². The first-order valence-electron chi connectivity index (χ1n) is 8.74. The third-order valence-electron chi connectivity index (χ3n) is 4.39. The fourth-order valence-corrected chi connectivity index (χ4v) is 3.73. The van der Waals surface area contributed by atoms with Crippen molar-refractivity contribution in [3.8, 4) is 0 Å². The zero-order chi connectivity index (χ0) is 17.4. The van der Waals surface area contributed by atoms with E-state index >= 15 is 0 Å². The van der Waals surface area contributed by atoms with Crippen LogP contribution in [0.25, 0.3) is 0 Å². The molecule has 0 aliphatic heterocycles. The number of alkyl halides is 1. The number of rotatable bonds is 8. The minimum atomic E-state index is -0.574. The summed E-state index contributed by atoms with van der Waals surface area (Å²) in [4.78, 5) is 0. The topological polar surface area (TPSA) is 9.23 Å². The van der Waals surface area contributed by atoms with Crippen LogP contribution in [0.1, 0.15) is 29.5 Å². The van der Waals surface area contributed by atoms with Crippen LogP contribution >= 0.6 is 22.6 Å². The Morgan fingerprint density at radius 1 is 0.600 bits per heavy atom. The number of unbranched alkanes of at least 4 members (excludes halogenated alkanes) is 1. The first-order chi connectivity index (χ1) is 12.4. The van der Waals surface area contributed by atoms with Crippen LogP contribution in [0.2, 0.25) is 0 Å². The average Bonchev–Trinajstić information content (AvgIpc) is 2.70. The lowest BCUT2D eigenvalue weighted by molar-refractivity contribution is 0.0114. The Bertz CT molecular complexity index is 644. The van der Waals surface area contributed by atoms with Crippen LogP contribution in [0.5, 0.6) is 0 Å². The van der Waals surface area contributed by atoms with E-state index in [0.29, 0.717) is 0 Å². The van der Waals surface area contributed by atoms with Gasteiger partial charge in [0, 0.05) is 6.61 Å². The molecule has 0 spiro atoms. The van der Waals surface area contributed by atoms with Crippen LogP contribution in [0.4, 0.5) is 0 Å². The van der Waals surface area contributed by atoms with Gasteiger partial charge in [-0.15, -0.1) is 0 Å². The second-order valence-electron chi connectivity index (χ2n) is 6.02. The molecule has 0 saturated heterocycles. The van der Waals surface area contributed by atoms with Crippen molar-refractivity contribution in [2.24, 2.45) is 0 Å². The Morgan fingerprint density at radius 3 is 1.36 bits per heavy atom. The highest BCUT2D eigenvalue weighted by Crippen LogP contribution is 2.40. The van der Waals surface area contributed by atoms with Gasteiger partial charge in [0.2, 0.25) is 0 Å². The van der Waals surface area contributed by atoms with E-state index in [9.17, 15) is 0 Å². The average molecular weight is 442 g/mol. The van der Waals surface area contributed by atoms with Crippen molar-refractivity contribution in [1.29, 1.82) is 0 Å². The van der Waals surface area contributed by atoms with E-state index in [1.54, 1.807) is 0 Å². The third kappa shape index (κ3) is 4.13. The summed E-state index contributed by atoms with van der Waals surface area (Å²) in [5, 5.41) is 0. The van der Waals surface area contributed by atoms with Gasteiger partial charge in [0.05, 0.1) is 0 Å². The number of ether oxygens (including phenoxy) is 1. The van der Waals surface area contributed by atoms with Gasteiger partial charge in [0.1, 0.15) is 5.60 Å². The Morgan fingerprint density at radius 2 is 1.00 bits per heavy atom. The molecular weight excluding hydrogens is 419 g/mol. The minimum absolute atomic E-state index is 0.574. The number of benzene rings is 3. The Kier molecular flexibility index (Phi) is 6.65. The van der Waals surface area contributed by atoms with Crippen molar-refractivity contribution in [3.05, 3.63) is 108 Å². The van der Waals surface area contributed by atoms with Crippen LogP contribution in [0.3, 0.4) is 0 Å². The van der Waals surface area contributed by atoms with E-state index in [4.69, 9.17) is 4.74 Å². The van der Waals surface area contributed by atoms with E-state index in [0.717, 1.165) is 17.5 Å². The lowest BCUT2D eigenvalue weighted by Crippen LogP contribution is -2.33. The number of hydrogen-bond donors (Lipinski definition) is 0. The highest BCUT2D eigenvalue weighted by Gasteiger charge is 2.37. The summed E-state index contributed by atoms with van der Waals surface area (Å²) in [5.74, 6) is 0. The predicted octanol–water partition coefficient (Wildman–Crippen LogP) is 6.21. The SMILES string of the molecule is ICCCCOC(c1ccccc1)(c1ccccc1)c1ccccc1. The van der Waals surface area contributed by atoms with Gasteiger partial charge >= 0.3 is 0 Å².